The summed E-state index contributed by atoms with van der Waals surface area (Å²) in [4.78, 5) is 15.7. The molecule has 0 aliphatic carbocycles. The number of nitrogens with zero attached hydrogens (tertiary/aromatic N) is 2. The fraction of sp³-hybridized carbons (Fsp3) is 0.692. The van der Waals surface area contributed by atoms with E-state index in [1.165, 1.54) is 0 Å². The van der Waals surface area contributed by atoms with Gasteiger partial charge in [-0.3, -0.25) is 20.3 Å². The van der Waals surface area contributed by atoms with Crippen molar-refractivity contribution in [1.29, 1.82) is 0 Å². The Hall–Kier alpha value is -0.970. The van der Waals surface area contributed by atoms with Crippen LogP contribution in [-0.4, -0.2) is 48.2 Å². The summed E-state index contributed by atoms with van der Waals surface area (Å²) in [5.41, 5.74) is 0.246. The van der Waals surface area contributed by atoms with Gasteiger partial charge in [0.05, 0.1) is 19.6 Å². The highest BCUT2D eigenvalue weighted by Gasteiger charge is 2.24. The molecule has 1 aliphatic rings. The molecule has 1 heterocycles. The van der Waals surface area contributed by atoms with Gasteiger partial charge in [0.1, 0.15) is 5.70 Å². The van der Waals surface area contributed by atoms with Gasteiger partial charge in [-0.05, 0) is 25.8 Å². The van der Waals surface area contributed by atoms with E-state index in [0.717, 1.165) is 19.3 Å². The first-order chi connectivity index (χ1) is 9.36. The molecule has 1 unspecified atom stereocenters. The minimum atomic E-state index is -2.32. The van der Waals surface area contributed by atoms with Gasteiger partial charge in [0.2, 0.25) is 0 Å². The van der Waals surface area contributed by atoms with Crippen LogP contribution in [0.3, 0.4) is 0 Å². The number of aliphatic imine (C=N–C) groups is 1. The van der Waals surface area contributed by atoms with Crippen LogP contribution in [-0.2, 0) is 9.36 Å². The zero-order valence-corrected chi connectivity index (χ0v) is 13.3. The van der Waals surface area contributed by atoms with Crippen LogP contribution in [0.25, 0.3) is 0 Å². The van der Waals surface area contributed by atoms with Crippen molar-refractivity contribution >= 4 is 19.3 Å². The zero-order chi connectivity index (χ0) is 15.2. The third-order valence-corrected chi connectivity index (χ3v) is 5.10. The second-order valence-corrected chi connectivity index (χ2v) is 8.79. The lowest BCUT2D eigenvalue weighted by atomic mass is 10.2. The van der Waals surface area contributed by atoms with Crippen LogP contribution in [0, 0.1) is 0 Å². The Balaban J connectivity index is 2.51. The number of hydroxylamine groups is 2. The van der Waals surface area contributed by atoms with Gasteiger partial charge in [0.15, 0.2) is 0 Å². The van der Waals surface area contributed by atoms with Crippen molar-refractivity contribution < 1.29 is 14.6 Å². The summed E-state index contributed by atoms with van der Waals surface area (Å²) in [5, 5.41) is 13.3. The van der Waals surface area contributed by atoms with Gasteiger partial charge in [0.25, 0.3) is 5.91 Å². The van der Waals surface area contributed by atoms with E-state index in [1.54, 1.807) is 25.6 Å². The Kier molecular flexibility index (Phi) is 6.59. The van der Waals surface area contributed by atoms with Crippen molar-refractivity contribution in [2.75, 3.05) is 20.0 Å². The molecule has 7 heteroatoms. The third-order valence-electron chi connectivity index (χ3n) is 3.16. The van der Waals surface area contributed by atoms with Crippen molar-refractivity contribution in [3.63, 3.8) is 0 Å². The summed E-state index contributed by atoms with van der Waals surface area (Å²) in [6.45, 7) is 5.45. The average Bonchev–Trinajstić information content (AvgIpc) is 2.89. The molecule has 1 amide bonds. The third kappa shape index (κ3) is 5.19. The van der Waals surface area contributed by atoms with E-state index in [0.29, 0.717) is 11.5 Å². The molecular weight excluding hydrogens is 277 g/mol. The maximum Gasteiger partial charge on any atom is 0.296 e. The van der Waals surface area contributed by atoms with Crippen molar-refractivity contribution in [3.8, 4) is 0 Å². The number of carbonyl (C=O) groups excluding carboxylic acids is 1. The lowest BCUT2D eigenvalue weighted by Crippen LogP contribution is -2.41. The molecule has 0 saturated carbocycles. The molecule has 0 aromatic rings. The first-order valence-corrected chi connectivity index (χ1v) is 9.54. The molecule has 0 aromatic carbocycles. The molecule has 0 bridgehead atoms. The van der Waals surface area contributed by atoms with Crippen LogP contribution < -0.4 is 5.32 Å². The van der Waals surface area contributed by atoms with Crippen molar-refractivity contribution in [2.45, 2.75) is 38.4 Å². The molecule has 0 fully saturated rings. The summed E-state index contributed by atoms with van der Waals surface area (Å²) >= 11 is 0. The van der Waals surface area contributed by atoms with Crippen molar-refractivity contribution in [2.24, 2.45) is 4.99 Å². The summed E-state index contributed by atoms with van der Waals surface area (Å²) in [5.74, 6) is -0.728. The maximum atomic E-state index is 12.2. The number of amides is 1. The summed E-state index contributed by atoms with van der Waals surface area (Å²) in [6, 6.07) is 0. The van der Waals surface area contributed by atoms with E-state index in [1.807, 2.05) is 0 Å². The average molecular weight is 301 g/mol. The van der Waals surface area contributed by atoms with E-state index in [9.17, 15) is 14.6 Å². The molecule has 1 atom stereocenters. The fourth-order valence-corrected chi connectivity index (χ4v) is 3.26. The fourth-order valence-electron chi connectivity index (χ4n) is 1.94. The number of hydrogen-bond donors (Lipinski definition) is 2. The highest BCUT2D eigenvalue weighted by atomic mass is 31.2. The molecule has 20 heavy (non-hydrogen) atoms. The second kappa shape index (κ2) is 7.72. The van der Waals surface area contributed by atoms with E-state index < -0.39 is 13.0 Å². The van der Waals surface area contributed by atoms with E-state index >= 15 is 0 Å². The molecule has 2 N–H and O–H groups in total. The van der Waals surface area contributed by atoms with Crippen LogP contribution in [0.15, 0.2) is 16.8 Å². The summed E-state index contributed by atoms with van der Waals surface area (Å²) in [6.07, 6.45) is 6.62. The largest absolute Gasteiger partial charge is 0.323 e. The minimum Gasteiger partial charge on any atom is -0.323 e. The number of carbonyl (C=O) groups is 1. The van der Waals surface area contributed by atoms with Crippen molar-refractivity contribution in [1.82, 2.24) is 10.4 Å². The Morgan fingerprint density at radius 2 is 2.30 bits per heavy atom. The standard InChI is InChI=1S/C13H24N3O3P/c1-4-5-8-12(20(2,3)19)15-10-16(18)13(17)11-7-6-9-14-11/h7,9,12,15,18H,4-6,8,10H2,1-3H3. The van der Waals surface area contributed by atoms with Gasteiger partial charge in [-0.15, -0.1) is 0 Å². The number of hydrogen-bond acceptors (Lipinski definition) is 5. The predicted octanol–water partition coefficient (Wildman–Crippen LogP) is 2.25. The second-order valence-electron chi connectivity index (χ2n) is 5.30. The molecule has 0 aromatic heterocycles. The Labute approximate surface area is 120 Å². The van der Waals surface area contributed by atoms with E-state index in [2.05, 4.69) is 17.2 Å². The minimum absolute atomic E-state index is 0.0499. The SMILES string of the molecule is CCCCC(NCN(O)C(=O)C1=CCC=N1)P(C)(C)=O. The van der Waals surface area contributed by atoms with E-state index in [-0.39, 0.29) is 18.1 Å². The molecule has 0 radical (unpaired) electrons. The Bertz CT molecular complexity index is 442. The van der Waals surface area contributed by atoms with E-state index in [4.69, 9.17) is 0 Å². The predicted molar refractivity (Wildman–Crippen MR) is 80.6 cm³/mol. The molecule has 6 nitrogen and oxygen atoms in total. The zero-order valence-electron chi connectivity index (χ0n) is 12.4. The first-order valence-electron chi connectivity index (χ1n) is 6.87. The van der Waals surface area contributed by atoms with Crippen LogP contribution in [0.1, 0.15) is 32.6 Å². The molecule has 0 spiro atoms. The van der Waals surface area contributed by atoms with Crippen LogP contribution in [0.2, 0.25) is 0 Å². The summed E-state index contributed by atoms with van der Waals surface area (Å²) < 4.78 is 12.2. The number of unbranched alkanes of at least 4 members (excludes halogenated alkanes) is 1. The Morgan fingerprint density at radius 1 is 1.60 bits per heavy atom. The quantitative estimate of drug-likeness (QED) is 0.312. The Morgan fingerprint density at radius 3 is 2.80 bits per heavy atom. The van der Waals surface area contributed by atoms with Gasteiger partial charge in [-0.25, -0.2) is 5.06 Å². The molecule has 1 rings (SSSR count). The monoisotopic (exact) mass is 301 g/mol. The number of rotatable bonds is 8. The summed E-state index contributed by atoms with van der Waals surface area (Å²) in [7, 11) is -2.32. The topological polar surface area (TPSA) is 82.0 Å². The van der Waals surface area contributed by atoms with Crippen LogP contribution in [0.5, 0.6) is 0 Å². The van der Waals surface area contributed by atoms with Gasteiger partial charge >= 0.3 is 0 Å². The van der Waals surface area contributed by atoms with Gasteiger partial charge in [0, 0.05) is 12.6 Å². The highest BCUT2D eigenvalue weighted by molar-refractivity contribution is 7.63. The lowest BCUT2D eigenvalue weighted by Gasteiger charge is -2.25. The molecule has 114 valence electrons. The molecule has 1 aliphatic heterocycles. The molecular formula is C13H24N3O3P. The smallest absolute Gasteiger partial charge is 0.296 e. The van der Waals surface area contributed by atoms with Gasteiger partial charge in [-0.1, -0.05) is 19.8 Å². The lowest BCUT2D eigenvalue weighted by molar-refractivity contribution is -0.162. The van der Waals surface area contributed by atoms with Crippen LogP contribution >= 0.6 is 7.14 Å². The van der Waals surface area contributed by atoms with Crippen molar-refractivity contribution in [3.05, 3.63) is 11.8 Å². The highest BCUT2D eigenvalue weighted by Crippen LogP contribution is 2.43. The van der Waals surface area contributed by atoms with Gasteiger partial charge in [-0.2, -0.15) is 0 Å². The number of nitrogens with one attached hydrogen (secondary N) is 1. The molecule has 0 saturated heterocycles. The number of allylic oxidation sites excluding steroid dienone is 1. The first kappa shape index (κ1) is 17.1. The maximum absolute atomic E-state index is 12.2. The van der Waals surface area contributed by atoms with Gasteiger partial charge < -0.3 is 4.57 Å². The normalized spacial score (nSPS) is 16.1. The van der Waals surface area contributed by atoms with Crippen LogP contribution in [0.4, 0.5) is 0 Å².